The number of hydrogen-bond donors (Lipinski definition) is 2. The first-order valence-electron chi connectivity index (χ1n) is 6.59. The zero-order chi connectivity index (χ0) is 13.9. The van der Waals surface area contributed by atoms with Crippen molar-refractivity contribution in [2.75, 3.05) is 0 Å². The summed E-state index contributed by atoms with van der Waals surface area (Å²) in [5.74, 6) is -2.52. The van der Waals surface area contributed by atoms with Gasteiger partial charge in [-0.05, 0) is 31.8 Å². The molecule has 0 aromatic heterocycles. The van der Waals surface area contributed by atoms with Crippen molar-refractivity contribution in [3.05, 3.63) is 11.3 Å². The number of aliphatic hydroxyl groups is 2. The van der Waals surface area contributed by atoms with E-state index in [2.05, 4.69) is 0 Å². The Morgan fingerprint density at radius 1 is 1.45 bits per heavy atom. The number of carbonyl (C=O) groups is 2. The second-order valence-corrected chi connectivity index (χ2v) is 5.61. The molecule has 1 aliphatic carbocycles. The van der Waals surface area contributed by atoms with E-state index in [4.69, 9.17) is 0 Å². The van der Waals surface area contributed by atoms with Crippen LogP contribution in [-0.2, 0) is 9.59 Å². The molecule has 5 unspecified atom stereocenters. The van der Waals surface area contributed by atoms with E-state index in [0.717, 1.165) is 12.8 Å². The minimum absolute atomic E-state index is 0. The zero-order valence-electron chi connectivity index (χ0n) is 11.6. The average molecular weight is 305 g/mol. The summed E-state index contributed by atoms with van der Waals surface area (Å²) in [6.07, 6.45) is 0.410. The van der Waals surface area contributed by atoms with Crippen LogP contribution < -0.4 is 56.5 Å². The average Bonchev–Trinajstić information content (AvgIpc) is 2.61. The maximum absolute atomic E-state index is 12.0. The van der Waals surface area contributed by atoms with Crippen LogP contribution in [0.15, 0.2) is 11.3 Å². The van der Waals surface area contributed by atoms with Crippen LogP contribution in [0.3, 0.4) is 0 Å². The molecule has 0 radical (unpaired) electrons. The van der Waals surface area contributed by atoms with Crippen LogP contribution in [0.5, 0.6) is 0 Å². The van der Waals surface area contributed by atoms with Gasteiger partial charge in [-0.2, -0.15) is 0 Å². The number of aliphatic carboxylic acids is 1. The summed E-state index contributed by atoms with van der Waals surface area (Å²) in [5.41, 5.74) is 0.261. The maximum Gasteiger partial charge on any atom is 1.00 e. The molecule has 0 bridgehead atoms. The predicted molar refractivity (Wildman–Crippen MR) is 61.2 cm³/mol. The van der Waals surface area contributed by atoms with E-state index in [1.165, 1.54) is 11.8 Å². The zero-order valence-corrected chi connectivity index (χ0v) is 14.7. The Bertz CT molecular complexity index is 489. The second-order valence-electron chi connectivity index (χ2n) is 5.61. The number of carboxylic acids is 1. The van der Waals surface area contributed by atoms with Gasteiger partial charge in [0.2, 0.25) is 5.91 Å². The standard InChI is InChI=1S/C13H17NO5.K/c1-5(15)8-10-6-3-2-4-7(16)9(6)11(13(18)19)14(10)12(8)17;/h5-8,10,15-16H,2-4H2,1H3,(H,18,19);/q;+1/p-1. The summed E-state index contributed by atoms with van der Waals surface area (Å²) in [6.45, 7) is 1.54. The SMILES string of the molecule is CC(O)C1C(=O)N2C(C(=O)[O-])=C3C(O)CCCC3C12.[K+]. The molecule has 104 valence electrons. The molecule has 2 N–H and O–H groups in total. The molecule has 0 aromatic rings. The fourth-order valence-corrected chi connectivity index (χ4v) is 3.85. The molecule has 1 saturated heterocycles. The number of rotatable bonds is 2. The van der Waals surface area contributed by atoms with Crippen molar-refractivity contribution in [3.63, 3.8) is 0 Å². The first-order chi connectivity index (χ1) is 8.95. The minimum atomic E-state index is -1.42. The van der Waals surface area contributed by atoms with Crippen LogP contribution in [-0.4, -0.2) is 45.2 Å². The number of carbonyl (C=O) groups excluding carboxylic acids is 2. The summed E-state index contributed by atoms with van der Waals surface area (Å²) in [6, 6.07) is -0.328. The Kier molecular flexibility index (Phi) is 4.81. The molecule has 3 aliphatic rings. The van der Waals surface area contributed by atoms with Gasteiger partial charge in [0.25, 0.3) is 0 Å². The number of nitrogens with zero attached hydrogens (tertiary/aromatic N) is 1. The largest absolute Gasteiger partial charge is 1.00 e. The molecule has 7 heteroatoms. The molecule has 1 saturated carbocycles. The van der Waals surface area contributed by atoms with E-state index in [0.29, 0.717) is 12.0 Å². The van der Waals surface area contributed by atoms with Gasteiger partial charge >= 0.3 is 51.4 Å². The van der Waals surface area contributed by atoms with Crippen molar-refractivity contribution in [2.45, 2.75) is 44.4 Å². The predicted octanol–water partition coefficient (Wildman–Crippen LogP) is -4.62. The monoisotopic (exact) mass is 305 g/mol. The van der Waals surface area contributed by atoms with E-state index in [-0.39, 0.29) is 74.9 Å². The van der Waals surface area contributed by atoms with Crippen molar-refractivity contribution in [1.29, 1.82) is 0 Å². The summed E-state index contributed by atoms with van der Waals surface area (Å²) >= 11 is 0. The van der Waals surface area contributed by atoms with Gasteiger partial charge in [0.1, 0.15) is 0 Å². The van der Waals surface area contributed by atoms with Crippen LogP contribution in [0.2, 0.25) is 0 Å². The molecular weight excluding hydrogens is 289 g/mol. The molecule has 2 aliphatic heterocycles. The third-order valence-corrected chi connectivity index (χ3v) is 4.58. The molecule has 20 heavy (non-hydrogen) atoms. The molecule has 3 rings (SSSR count). The van der Waals surface area contributed by atoms with Gasteiger partial charge in [-0.1, -0.05) is 0 Å². The van der Waals surface area contributed by atoms with E-state index in [1.54, 1.807) is 0 Å². The number of hydrogen-bond acceptors (Lipinski definition) is 5. The maximum atomic E-state index is 12.0. The molecule has 1 amide bonds. The fourth-order valence-electron chi connectivity index (χ4n) is 3.85. The van der Waals surface area contributed by atoms with Gasteiger partial charge in [0.15, 0.2) is 0 Å². The molecule has 2 fully saturated rings. The van der Waals surface area contributed by atoms with Crippen molar-refractivity contribution < 1.29 is 76.3 Å². The number of β-lactam (4-membered cyclic amide) rings is 1. The molecular formula is C13H16KNO5. The summed E-state index contributed by atoms with van der Waals surface area (Å²) in [7, 11) is 0. The van der Waals surface area contributed by atoms with E-state index < -0.39 is 24.1 Å². The summed E-state index contributed by atoms with van der Waals surface area (Å²) < 4.78 is 0. The molecule has 0 spiro atoms. The number of carboxylic acid groups (broad SMARTS) is 1. The van der Waals surface area contributed by atoms with E-state index in [9.17, 15) is 24.9 Å². The topological polar surface area (TPSA) is 101 Å². The third kappa shape index (κ3) is 2.15. The summed E-state index contributed by atoms with van der Waals surface area (Å²) in [4.78, 5) is 24.5. The molecule has 0 aromatic carbocycles. The van der Waals surface area contributed by atoms with Gasteiger partial charge in [0.05, 0.1) is 35.8 Å². The first-order valence-corrected chi connectivity index (χ1v) is 6.59. The quantitative estimate of drug-likeness (QED) is 0.395. The van der Waals surface area contributed by atoms with Crippen LogP contribution in [0.1, 0.15) is 26.2 Å². The van der Waals surface area contributed by atoms with Gasteiger partial charge in [0, 0.05) is 5.92 Å². The first kappa shape index (κ1) is 16.6. The van der Waals surface area contributed by atoms with Gasteiger partial charge in [-0.25, -0.2) is 0 Å². The number of fused-ring (bicyclic) bond motifs is 3. The van der Waals surface area contributed by atoms with Crippen LogP contribution in [0, 0.1) is 11.8 Å². The molecule has 2 heterocycles. The Morgan fingerprint density at radius 2 is 2.10 bits per heavy atom. The Balaban J connectivity index is 0.00000147. The van der Waals surface area contributed by atoms with Crippen molar-refractivity contribution in [1.82, 2.24) is 4.90 Å². The fraction of sp³-hybridized carbons (Fsp3) is 0.692. The normalized spacial score (nSPS) is 36.8. The molecule has 6 nitrogen and oxygen atoms in total. The molecule has 5 atom stereocenters. The second kappa shape index (κ2) is 5.79. The Hall–Kier alpha value is 0.236. The van der Waals surface area contributed by atoms with E-state index in [1.807, 2.05) is 0 Å². The van der Waals surface area contributed by atoms with Crippen LogP contribution in [0.4, 0.5) is 0 Å². The third-order valence-electron chi connectivity index (χ3n) is 4.58. The van der Waals surface area contributed by atoms with Crippen molar-refractivity contribution in [2.24, 2.45) is 11.8 Å². The number of aliphatic hydroxyl groups excluding tert-OH is 2. The van der Waals surface area contributed by atoms with E-state index >= 15 is 0 Å². The number of amides is 1. The summed E-state index contributed by atoms with van der Waals surface area (Å²) in [5, 5.41) is 31.0. The minimum Gasteiger partial charge on any atom is -0.543 e. The van der Waals surface area contributed by atoms with Crippen molar-refractivity contribution in [3.8, 4) is 0 Å². The van der Waals surface area contributed by atoms with Gasteiger partial charge in [-0.3, -0.25) is 4.79 Å². The van der Waals surface area contributed by atoms with Crippen LogP contribution in [0.25, 0.3) is 0 Å². The van der Waals surface area contributed by atoms with Crippen LogP contribution >= 0.6 is 0 Å². The van der Waals surface area contributed by atoms with Gasteiger partial charge < -0.3 is 25.0 Å². The Labute approximate surface area is 159 Å². The Morgan fingerprint density at radius 3 is 2.65 bits per heavy atom. The van der Waals surface area contributed by atoms with Gasteiger partial charge in [-0.15, -0.1) is 0 Å². The smallest absolute Gasteiger partial charge is 0.543 e. The van der Waals surface area contributed by atoms with Crippen molar-refractivity contribution >= 4 is 11.9 Å².